The van der Waals surface area contributed by atoms with Crippen molar-refractivity contribution in [2.24, 2.45) is 0 Å². The first-order chi connectivity index (χ1) is 11.3. The van der Waals surface area contributed by atoms with E-state index in [4.69, 9.17) is 9.26 Å². The molecule has 126 valence electrons. The van der Waals surface area contributed by atoms with Gasteiger partial charge in [-0.3, -0.25) is 4.90 Å². The first-order valence-corrected chi connectivity index (χ1v) is 8.99. The Morgan fingerprint density at radius 2 is 2.48 bits per heavy atom. The molecule has 2 aromatic rings. The highest BCUT2D eigenvalue weighted by Crippen LogP contribution is 2.30. The molecule has 0 aliphatic carbocycles. The van der Waals surface area contributed by atoms with Gasteiger partial charge in [-0.15, -0.1) is 11.3 Å². The van der Waals surface area contributed by atoms with E-state index in [1.165, 1.54) is 4.88 Å². The van der Waals surface area contributed by atoms with E-state index in [9.17, 15) is 5.11 Å². The first-order valence-electron chi connectivity index (χ1n) is 8.11. The van der Waals surface area contributed by atoms with Crippen molar-refractivity contribution in [3.05, 3.63) is 34.1 Å². The van der Waals surface area contributed by atoms with Gasteiger partial charge < -0.3 is 14.4 Å². The predicted molar refractivity (Wildman–Crippen MR) is 87.2 cm³/mol. The number of ether oxygens (including phenoxy) is 1. The van der Waals surface area contributed by atoms with Crippen molar-refractivity contribution in [3.63, 3.8) is 0 Å². The summed E-state index contributed by atoms with van der Waals surface area (Å²) in [6, 6.07) is 4.19. The van der Waals surface area contributed by atoms with Gasteiger partial charge in [0.1, 0.15) is 0 Å². The molecule has 0 bridgehead atoms. The van der Waals surface area contributed by atoms with E-state index < -0.39 is 6.10 Å². The minimum Gasteiger partial charge on any atom is -0.389 e. The third-order valence-electron chi connectivity index (χ3n) is 4.03. The van der Waals surface area contributed by atoms with Crippen LogP contribution in [0.2, 0.25) is 0 Å². The van der Waals surface area contributed by atoms with Crippen molar-refractivity contribution in [3.8, 4) is 0 Å². The van der Waals surface area contributed by atoms with Gasteiger partial charge in [0.25, 0.3) is 0 Å². The summed E-state index contributed by atoms with van der Waals surface area (Å²) in [5, 5.41) is 16.3. The monoisotopic (exact) mass is 337 g/mol. The lowest BCUT2D eigenvalue weighted by molar-refractivity contribution is 0.00785. The SMILES string of the molecule is CCc1nc([C@@H]2CCCN2C[C@H](O)COCc2cccs2)no1. The Morgan fingerprint density at radius 1 is 1.57 bits per heavy atom. The quantitative estimate of drug-likeness (QED) is 0.797. The molecule has 2 aromatic heterocycles. The molecule has 1 N–H and O–H groups in total. The van der Waals surface area contributed by atoms with Crippen LogP contribution in [0.3, 0.4) is 0 Å². The molecular formula is C16H23N3O3S. The second-order valence-corrected chi connectivity index (χ2v) is 6.83. The highest BCUT2D eigenvalue weighted by atomic mass is 32.1. The molecule has 1 aliphatic rings. The Bertz CT molecular complexity index is 587. The van der Waals surface area contributed by atoms with Crippen LogP contribution in [0.15, 0.2) is 22.0 Å². The maximum Gasteiger partial charge on any atom is 0.226 e. The van der Waals surface area contributed by atoms with Crippen molar-refractivity contribution < 1.29 is 14.4 Å². The fourth-order valence-corrected chi connectivity index (χ4v) is 3.54. The summed E-state index contributed by atoms with van der Waals surface area (Å²) in [7, 11) is 0. The highest BCUT2D eigenvalue weighted by molar-refractivity contribution is 7.09. The maximum atomic E-state index is 10.2. The molecule has 6 nitrogen and oxygen atoms in total. The van der Waals surface area contributed by atoms with E-state index in [0.29, 0.717) is 25.6 Å². The Morgan fingerprint density at radius 3 is 3.22 bits per heavy atom. The summed E-state index contributed by atoms with van der Waals surface area (Å²) in [4.78, 5) is 7.83. The number of aromatic nitrogens is 2. The number of nitrogens with zero attached hydrogens (tertiary/aromatic N) is 3. The third-order valence-corrected chi connectivity index (χ3v) is 4.88. The van der Waals surface area contributed by atoms with Gasteiger partial charge in [-0.1, -0.05) is 18.1 Å². The van der Waals surface area contributed by atoms with Gasteiger partial charge >= 0.3 is 0 Å². The zero-order chi connectivity index (χ0) is 16.1. The van der Waals surface area contributed by atoms with Gasteiger partial charge in [0.15, 0.2) is 5.82 Å². The summed E-state index contributed by atoms with van der Waals surface area (Å²) in [6.07, 6.45) is 2.33. The molecule has 3 rings (SSSR count). The van der Waals surface area contributed by atoms with Crippen LogP contribution in [0.25, 0.3) is 0 Å². The van der Waals surface area contributed by atoms with E-state index in [1.807, 2.05) is 24.4 Å². The Labute approximate surface area is 140 Å². The zero-order valence-electron chi connectivity index (χ0n) is 13.4. The van der Waals surface area contributed by atoms with Crippen LogP contribution in [0.4, 0.5) is 0 Å². The summed E-state index contributed by atoms with van der Waals surface area (Å²) >= 11 is 1.67. The van der Waals surface area contributed by atoms with Crippen LogP contribution in [-0.2, 0) is 17.8 Å². The predicted octanol–water partition coefficient (Wildman–Crippen LogP) is 2.41. The molecule has 0 spiro atoms. The molecular weight excluding hydrogens is 314 g/mol. The Hall–Kier alpha value is -1.28. The third kappa shape index (κ3) is 4.38. The van der Waals surface area contributed by atoms with E-state index in [0.717, 1.165) is 31.6 Å². The highest BCUT2D eigenvalue weighted by Gasteiger charge is 2.31. The molecule has 0 saturated carbocycles. The van der Waals surface area contributed by atoms with Crippen LogP contribution in [0.5, 0.6) is 0 Å². The number of thiophene rings is 1. The number of hydrogen-bond acceptors (Lipinski definition) is 7. The van der Waals surface area contributed by atoms with E-state index in [-0.39, 0.29) is 6.04 Å². The number of likely N-dealkylation sites (tertiary alicyclic amines) is 1. The van der Waals surface area contributed by atoms with E-state index in [1.54, 1.807) is 11.3 Å². The van der Waals surface area contributed by atoms with Crippen LogP contribution in [0, 0.1) is 0 Å². The molecule has 1 fully saturated rings. The van der Waals surface area contributed by atoms with Gasteiger partial charge in [0.2, 0.25) is 5.89 Å². The van der Waals surface area contributed by atoms with Crippen LogP contribution >= 0.6 is 11.3 Å². The van der Waals surface area contributed by atoms with Crippen LogP contribution in [0.1, 0.15) is 42.4 Å². The average molecular weight is 337 g/mol. The minimum atomic E-state index is -0.506. The van der Waals surface area contributed by atoms with Gasteiger partial charge in [-0.25, -0.2) is 0 Å². The van der Waals surface area contributed by atoms with Crippen molar-refractivity contribution in [2.75, 3.05) is 19.7 Å². The standard InChI is InChI=1S/C16H23N3O3S/c1-2-15-17-16(18-22-15)14-6-3-7-19(14)9-12(20)10-21-11-13-5-4-8-23-13/h4-5,8,12,14,20H,2-3,6-7,9-11H2,1H3/t12-,14-/m0/s1. The van der Waals surface area contributed by atoms with Crippen LogP contribution < -0.4 is 0 Å². The smallest absolute Gasteiger partial charge is 0.226 e. The molecule has 23 heavy (non-hydrogen) atoms. The summed E-state index contributed by atoms with van der Waals surface area (Å²) in [6.45, 7) is 4.42. The number of β-amino-alcohol motifs (C(OH)–C–C–N with tert-alkyl or cyclic N) is 1. The summed E-state index contributed by atoms with van der Waals surface area (Å²) in [5.74, 6) is 1.41. The lowest BCUT2D eigenvalue weighted by Crippen LogP contribution is -2.35. The molecule has 0 amide bonds. The lowest BCUT2D eigenvalue weighted by atomic mass is 10.2. The second kappa shape index (κ2) is 8.01. The fourth-order valence-electron chi connectivity index (χ4n) is 2.90. The minimum absolute atomic E-state index is 0.144. The normalized spacial score (nSPS) is 20.2. The van der Waals surface area contributed by atoms with Gasteiger partial charge in [-0.2, -0.15) is 4.98 Å². The molecule has 2 atom stereocenters. The van der Waals surface area contributed by atoms with Gasteiger partial charge in [0.05, 0.1) is 25.4 Å². The maximum absolute atomic E-state index is 10.2. The number of aliphatic hydroxyl groups excluding tert-OH is 1. The van der Waals surface area contributed by atoms with Crippen molar-refractivity contribution in [2.45, 2.75) is 44.9 Å². The molecule has 3 heterocycles. The van der Waals surface area contributed by atoms with Crippen molar-refractivity contribution >= 4 is 11.3 Å². The number of aryl methyl sites for hydroxylation is 1. The first kappa shape index (κ1) is 16.6. The average Bonchev–Trinajstić information content (AvgIpc) is 3.28. The van der Waals surface area contributed by atoms with E-state index in [2.05, 4.69) is 15.0 Å². The zero-order valence-corrected chi connectivity index (χ0v) is 14.2. The lowest BCUT2D eigenvalue weighted by Gasteiger charge is -2.24. The molecule has 1 aliphatic heterocycles. The molecule has 7 heteroatoms. The number of hydrogen-bond donors (Lipinski definition) is 1. The fraction of sp³-hybridized carbons (Fsp3) is 0.625. The van der Waals surface area contributed by atoms with Crippen molar-refractivity contribution in [1.82, 2.24) is 15.0 Å². The van der Waals surface area contributed by atoms with Gasteiger partial charge in [0, 0.05) is 17.8 Å². The summed E-state index contributed by atoms with van der Waals surface area (Å²) in [5.41, 5.74) is 0. The van der Waals surface area contributed by atoms with Crippen molar-refractivity contribution in [1.29, 1.82) is 0 Å². The van der Waals surface area contributed by atoms with Gasteiger partial charge in [-0.05, 0) is 30.8 Å². The number of rotatable bonds is 8. The summed E-state index contributed by atoms with van der Waals surface area (Å²) < 4.78 is 10.8. The Kier molecular flexibility index (Phi) is 5.77. The molecule has 0 unspecified atom stereocenters. The van der Waals surface area contributed by atoms with Crippen LogP contribution in [-0.4, -0.2) is 45.9 Å². The second-order valence-electron chi connectivity index (χ2n) is 5.80. The van der Waals surface area contributed by atoms with E-state index >= 15 is 0 Å². The molecule has 1 saturated heterocycles. The molecule has 0 radical (unpaired) electrons. The number of aliphatic hydroxyl groups is 1. The Balaban J connectivity index is 1.47. The largest absolute Gasteiger partial charge is 0.389 e. The topological polar surface area (TPSA) is 71.6 Å². The molecule has 0 aromatic carbocycles.